The summed E-state index contributed by atoms with van der Waals surface area (Å²) >= 11 is 0. The smallest absolute Gasteiger partial charge is 0.132 e. The van der Waals surface area contributed by atoms with E-state index < -0.39 is 0 Å². The van der Waals surface area contributed by atoms with Crippen molar-refractivity contribution in [2.24, 2.45) is 0 Å². The Morgan fingerprint density at radius 3 is 2.75 bits per heavy atom. The Hall–Kier alpha value is -0.120. The first kappa shape index (κ1) is 6.01. The van der Waals surface area contributed by atoms with Gasteiger partial charge in [0.15, 0.2) is 0 Å². The molecule has 1 heterocycles. The van der Waals surface area contributed by atoms with Crippen LogP contribution in [0.2, 0.25) is 0 Å². The van der Waals surface area contributed by atoms with Gasteiger partial charge >= 0.3 is 0 Å². The number of hydrogen-bond acceptors (Lipinski definition) is 3. The zero-order valence-corrected chi connectivity index (χ0v) is 5.00. The molecule has 3 heteroatoms. The van der Waals surface area contributed by atoms with E-state index in [1.165, 1.54) is 5.06 Å². The fraction of sp³-hybridized carbons (Fsp3) is 1.00. The summed E-state index contributed by atoms with van der Waals surface area (Å²) in [5.41, 5.74) is 0. The molecule has 0 aromatic rings. The molecule has 0 radical (unpaired) electrons. The summed E-state index contributed by atoms with van der Waals surface area (Å²) in [7, 11) is 1.61. The van der Waals surface area contributed by atoms with Gasteiger partial charge in [0.1, 0.15) is 6.23 Å². The largest absolute Gasteiger partial charge is 0.364 e. The van der Waals surface area contributed by atoms with Crippen molar-refractivity contribution in [2.75, 3.05) is 13.7 Å². The van der Waals surface area contributed by atoms with E-state index in [0.29, 0.717) is 0 Å². The first-order valence-corrected chi connectivity index (χ1v) is 2.83. The van der Waals surface area contributed by atoms with Crippen molar-refractivity contribution in [1.29, 1.82) is 0 Å². The minimum Gasteiger partial charge on any atom is -0.364 e. The van der Waals surface area contributed by atoms with Gasteiger partial charge in [0.05, 0.1) is 0 Å². The lowest BCUT2D eigenvalue weighted by Crippen LogP contribution is -2.26. The maximum absolute atomic E-state index is 8.90. The highest BCUT2D eigenvalue weighted by atomic mass is 16.6. The molecule has 0 bridgehead atoms. The predicted octanol–water partition coefficient (Wildman–Crippen LogP) is 0.444. The molecule has 48 valence electrons. The van der Waals surface area contributed by atoms with Gasteiger partial charge in [-0.2, -0.15) is 5.06 Å². The molecule has 3 nitrogen and oxygen atoms in total. The van der Waals surface area contributed by atoms with Crippen molar-refractivity contribution < 1.29 is 9.94 Å². The van der Waals surface area contributed by atoms with Crippen molar-refractivity contribution in [2.45, 2.75) is 19.1 Å². The van der Waals surface area contributed by atoms with Gasteiger partial charge in [0.25, 0.3) is 0 Å². The molecule has 8 heavy (non-hydrogen) atoms. The van der Waals surface area contributed by atoms with Gasteiger partial charge in [-0.1, -0.05) is 0 Å². The third kappa shape index (κ3) is 0.992. The van der Waals surface area contributed by atoms with Crippen LogP contribution in [0, 0.1) is 0 Å². The Morgan fingerprint density at radius 1 is 1.75 bits per heavy atom. The van der Waals surface area contributed by atoms with Crippen molar-refractivity contribution in [3.05, 3.63) is 0 Å². The summed E-state index contributed by atoms with van der Waals surface area (Å²) in [6.45, 7) is 0.749. The molecule has 0 amide bonds. The van der Waals surface area contributed by atoms with Crippen molar-refractivity contribution in [3.8, 4) is 0 Å². The van der Waals surface area contributed by atoms with E-state index in [2.05, 4.69) is 0 Å². The molecule has 1 saturated heterocycles. The number of nitrogens with zero attached hydrogens (tertiary/aromatic N) is 1. The normalized spacial score (nSPS) is 31.5. The van der Waals surface area contributed by atoms with Crippen LogP contribution >= 0.6 is 0 Å². The highest BCUT2D eigenvalue weighted by Gasteiger charge is 2.21. The topological polar surface area (TPSA) is 32.7 Å². The van der Waals surface area contributed by atoms with Crippen LogP contribution in [0.1, 0.15) is 12.8 Å². The maximum atomic E-state index is 8.90. The Bertz CT molecular complexity index is 76.8. The van der Waals surface area contributed by atoms with Crippen LogP contribution in [-0.4, -0.2) is 30.2 Å². The molecule has 1 atom stereocenters. The number of methoxy groups -OCH3 is 1. The molecule has 0 aliphatic carbocycles. The predicted molar refractivity (Wildman–Crippen MR) is 28.5 cm³/mol. The van der Waals surface area contributed by atoms with E-state index in [0.717, 1.165) is 19.4 Å². The summed E-state index contributed by atoms with van der Waals surface area (Å²) in [5.74, 6) is 0. The first-order chi connectivity index (χ1) is 3.84. The summed E-state index contributed by atoms with van der Waals surface area (Å²) in [5, 5.41) is 10.1. The summed E-state index contributed by atoms with van der Waals surface area (Å²) in [6.07, 6.45) is 1.94. The molecule has 1 rings (SSSR count). The second-order valence-electron chi connectivity index (χ2n) is 2.00. The van der Waals surface area contributed by atoms with Gasteiger partial charge in [-0.15, -0.1) is 0 Å². The fourth-order valence-electron chi connectivity index (χ4n) is 0.960. The summed E-state index contributed by atoms with van der Waals surface area (Å²) in [4.78, 5) is 0. The minimum atomic E-state index is -0.0463. The van der Waals surface area contributed by atoms with Crippen molar-refractivity contribution in [3.63, 3.8) is 0 Å². The quantitative estimate of drug-likeness (QED) is 0.541. The maximum Gasteiger partial charge on any atom is 0.132 e. The van der Waals surface area contributed by atoms with E-state index in [-0.39, 0.29) is 6.23 Å². The third-order valence-electron chi connectivity index (χ3n) is 1.44. The monoisotopic (exact) mass is 117 g/mol. The van der Waals surface area contributed by atoms with Gasteiger partial charge in [0, 0.05) is 13.7 Å². The van der Waals surface area contributed by atoms with Crippen molar-refractivity contribution in [1.82, 2.24) is 5.06 Å². The molecule has 1 unspecified atom stereocenters. The van der Waals surface area contributed by atoms with Gasteiger partial charge in [0.2, 0.25) is 0 Å². The Balaban J connectivity index is 2.30. The Morgan fingerprint density at radius 2 is 2.50 bits per heavy atom. The minimum absolute atomic E-state index is 0.0463. The van der Waals surface area contributed by atoms with Gasteiger partial charge in [-0.3, -0.25) is 0 Å². The number of ether oxygens (including phenoxy) is 1. The van der Waals surface area contributed by atoms with Gasteiger partial charge in [-0.25, -0.2) is 0 Å². The van der Waals surface area contributed by atoms with Crippen LogP contribution < -0.4 is 0 Å². The SMILES string of the molecule is COC1CCCN1O. The highest BCUT2D eigenvalue weighted by molar-refractivity contribution is 4.62. The molecule has 1 aliphatic rings. The second kappa shape index (κ2) is 2.44. The third-order valence-corrected chi connectivity index (χ3v) is 1.44. The standard InChI is InChI=1S/C5H11NO2/c1-8-5-3-2-4-6(5)7/h5,7H,2-4H2,1H3. The van der Waals surface area contributed by atoms with Crippen LogP contribution in [-0.2, 0) is 4.74 Å². The van der Waals surface area contributed by atoms with Crippen LogP contribution in [0.15, 0.2) is 0 Å². The molecular formula is C5H11NO2. The lowest BCUT2D eigenvalue weighted by atomic mass is 10.4. The molecule has 1 fully saturated rings. The van der Waals surface area contributed by atoms with E-state index in [9.17, 15) is 0 Å². The molecule has 0 spiro atoms. The molecule has 0 aromatic heterocycles. The van der Waals surface area contributed by atoms with Crippen LogP contribution in [0.5, 0.6) is 0 Å². The van der Waals surface area contributed by atoms with Crippen LogP contribution in [0.3, 0.4) is 0 Å². The number of hydrogen-bond donors (Lipinski definition) is 1. The highest BCUT2D eigenvalue weighted by Crippen LogP contribution is 2.13. The fourth-order valence-corrected chi connectivity index (χ4v) is 0.960. The van der Waals surface area contributed by atoms with E-state index in [4.69, 9.17) is 9.94 Å². The Labute approximate surface area is 48.8 Å². The van der Waals surface area contributed by atoms with E-state index >= 15 is 0 Å². The average molecular weight is 117 g/mol. The van der Waals surface area contributed by atoms with Gasteiger partial charge in [-0.05, 0) is 12.8 Å². The number of rotatable bonds is 1. The lowest BCUT2D eigenvalue weighted by Gasteiger charge is -2.14. The van der Waals surface area contributed by atoms with Gasteiger partial charge < -0.3 is 9.94 Å². The van der Waals surface area contributed by atoms with E-state index in [1.54, 1.807) is 7.11 Å². The second-order valence-corrected chi connectivity index (χ2v) is 2.00. The van der Waals surface area contributed by atoms with E-state index in [1.807, 2.05) is 0 Å². The zero-order valence-electron chi connectivity index (χ0n) is 5.00. The molecule has 1 aliphatic heterocycles. The summed E-state index contributed by atoms with van der Waals surface area (Å²) < 4.78 is 4.90. The molecule has 0 saturated carbocycles. The number of hydroxylamine groups is 2. The molecular weight excluding hydrogens is 106 g/mol. The first-order valence-electron chi connectivity index (χ1n) is 2.83. The zero-order chi connectivity index (χ0) is 5.98. The molecule has 0 aromatic carbocycles. The average Bonchev–Trinajstić information content (AvgIpc) is 2.14. The van der Waals surface area contributed by atoms with Crippen molar-refractivity contribution >= 4 is 0 Å². The summed E-state index contributed by atoms with van der Waals surface area (Å²) in [6, 6.07) is 0. The van der Waals surface area contributed by atoms with Crippen LogP contribution in [0.25, 0.3) is 0 Å². The Kier molecular flexibility index (Phi) is 1.83. The molecule has 1 N–H and O–H groups in total. The lowest BCUT2D eigenvalue weighted by molar-refractivity contribution is -0.182. The van der Waals surface area contributed by atoms with Crippen LogP contribution in [0.4, 0.5) is 0 Å².